The van der Waals surface area contributed by atoms with E-state index in [0.717, 1.165) is 5.56 Å². The maximum Gasteiger partial charge on any atom is 0.251 e. The summed E-state index contributed by atoms with van der Waals surface area (Å²) in [5, 5.41) is 2.91. The molecule has 0 unspecified atom stereocenters. The van der Waals surface area contributed by atoms with Gasteiger partial charge < -0.3 is 11.1 Å². The first kappa shape index (κ1) is 13.1. The molecule has 0 radical (unpaired) electrons. The van der Waals surface area contributed by atoms with Crippen LogP contribution in [-0.4, -0.2) is 5.91 Å². The average molecular weight is 254 g/mol. The molecule has 3 N–H and O–H groups in total. The highest BCUT2D eigenvalue weighted by atomic mass is 16.1. The van der Waals surface area contributed by atoms with E-state index < -0.39 is 0 Å². The number of amides is 1. The Labute approximate surface area is 113 Å². The molecule has 0 aliphatic rings. The summed E-state index contributed by atoms with van der Waals surface area (Å²) < 4.78 is 0. The minimum absolute atomic E-state index is 0.104. The number of nitrogen functional groups attached to an aromatic ring is 1. The molecule has 98 valence electrons. The Bertz CT molecular complexity index is 605. The van der Waals surface area contributed by atoms with Crippen molar-refractivity contribution in [1.82, 2.24) is 5.32 Å². The number of nitrogens with one attached hydrogen (secondary N) is 1. The Morgan fingerprint density at radius 2 is 1.95 bits per heavy atom. The van der Waals surface area contributed by atoms with E-state index in [4.69, 9.17) is 5.73 Å². The predicted octanol–water partition coefficient (Wildman–Crippen LogP) is 2.82. The normalized spacial score (nSPS) is 10.2. The highest BCUT2D eigenvalue weighted by Crippen LogP contribution is 2.11. The summed E-state index contributed by atoms with van der Waals surface area (Å²) in [6, 6.07) is 13.2. The van der Waals surface area contributed by atoms with Gasteiger partial charge in [-0.1, -0.05) is 29.8 Å². The van der Waals surface area contributed by atoms with Crippen LogP contribution in [0.5, 0.6) is 0 Å². The minimum Gasteiger partial charge on any atom is -0.399 e. The average Bonchev–Trinajstić information content (AvgIpc) is 2.37. The lowest BCUT2D eigenvalue weighted by atomic mass is 10.1. The second kappa shape index (κ2) is 5.57. The van der Waals surface area contributed by atoms with Crippen molar-refractivity contribution in [1.29, 1.82) is 0 Å². The quantitative estimate of drug-likeness (QED) is 0.827. The zero-order valence-corrected chi connectivity index (χ0v) is 11.2. The van der Waals surface area contributed by atoms with Crippen LogP contribution in [-0.2, 0) is 6.54 Å². The van der Waals surface area contributed by atoms with E-state index >= 15 is 0 Å². The van der Waals surface area contributed by atoms with E-state index in [0.29, 0.717) is 17.8 Å². The first-order valence-corrected chi connectivity index (χ1v) is 6.26. The van der Waals surface area contributed by atoms with Crippen molar-refractivity contribution in [2.24, 2.45) is 0 Å². The van der Waals surface area contributed by atoms with Crippen molar-refractivity contribution in [3.05, 3.63) is 64.7 Å². The number of carbonyl (C=O) groups excluding carboxylic acids is 1. The second-order valence-corrected chi connectivity index (χ2v) is 4.74. The molecule has 0 atom stereocenters. The van der Waals surface area contributed by atoms with Crippen LogP contribution in [0.15, 0.2) is 42.5 Å². The van der Waals surface area contributed by atoms with E-state index in [9.17, 15) is 4.79 Å². The number of aryl methyl sites for hydroxylation is 2. The summed E-state index contributed by atoms with van der Waals surface area (Å²) in [6.07, 6.45) is 0. The summed E-state index contributed by atoms with van der Waals surface area (Å²) in [7, 11) is 0. The Hall–Kier alpha value is -2.29. The molecule has 0 aliphatic heterocycles. The van der Waals surface area contributed by atoms with Crippen LogP contribution in [0.1, 0.15) is 27.0 Å². The summed E-state index contributed by atoms with van der Waals surface area (Å²) in [5.74, 6) is -0.104. The molecule has 0 aliphatic carbocycles. The van der Waals surface area contributed by atoms with Crippen molar-refractivity contribution < 1.29 is 4.79 Å². The second-order valence-electron chi connectivity index (χ2n) is 4.74. The van der Waals surface area contributed by atoms with Crippen LogP contribution >= 0.6 is 0 Å². The molecule has 19 heavy (non-hydrogen) atoms. The first-order valence-electron chi connectivity index (χ1n) is 6.26. The molecule has 1 amide bonds. The number of rotatable bonds is 3. The Morgan fingerprint density at radius 1 is 1.16 bits per heavy atom. The van der Waals surface area contributed by atoms with E-state index in [2.05, 4.69) is 31.3 Å². The lowest BCUT2D eigenvalue weighted by Crippen LogP contribution is -2.23. The summed E-state index contributed by atoms with van der Waals surface area (Å²) in [6.45, 7) is 4.64. The SMILES string of the molecule is Cc1ccc(CNC(=O)c2cccc(N)c2)c(C)c1. The van der Waals surface area contributed by atoms with Crippen molar-refractivity contribution in [3.8, 4) is 0 Å². The van der Waals surface area contributed by atoms with Gasteiger partial charge in [0.05, 0.1) is 0 Å². The van der Waals surface area contributed by atoms with Gasteiger partial charge in [0.1, 0.15) is 0 Å². The summed E-state index contributed by atoms with van der Waals surface area (Å²) >= 11 is 0. The van der Waals surface area contributed by atoms with E-state index in [1.165, 1.54) is 11.1 Å². The van der Waals surface area contributed by atoms with Gasteiger partial charge in [-0.25, -0.2) is 0 Å². The number of nitrogens with two attached hydrogens (primary N) is 1. The van der Waals surface area contributed by atoms with Gasteiger partial charge in [0, 0.05) is 17.8 Å². The highest BCUT2D eigenvalue weighted by Gasteiger charge is 2.06. The Balaban J connectivity index is 2.04. The molecule has 0 saturated carbocycles. The topological polar surface area (TPSA) is 55.1 Å². The lowest BCUT2D eigenvalue weighted by molar-refractivity contribution is 0.0951. The van der Waals surface area contributed by atoms with E-state index in [1.807, 2.05) is 6.07 Å². The molecule has 0 bridgehead atoms. The lowest BCUT2D eigenvalue weighted by Gasteiger charge is -2.09. The molecule has 3 nitrogen and oxygen atoms in total. The van der Waals surface area contributed by atoms with Crippen LogP contribution in [0.4, 0.5) is 5.69 Å². The molecule has 0 spiro atoms. The van der Waals surface area contributed by atoms with Crippen molar-refractivity contribution in [2.45, 2.75) is 20.4 Å². The molecule has 2 aromatic carbocycles. The van der Waals surface area contributed by atoms with Gasteiger partial charge in [-0.2, -0.15) is 0 Å². The molecule has 0 saturated heterocycles. The third-order valence-corrected chi connectivity index (χ3v) is 3.09. The van der Waals surface area contributed by atoms with Crippen LogP contribution in [0.3, 0.4) is 0 Å². The van der Waals surface area contributed by atoms with E-state index in [1.54, 1.807) is 24.3 Å². The molecule has 2 aromatic rings. The van der Waals surface area contributed by atoms with Gasteiger partial charge in [-0.15, -0.1) is 0 Å². The number of carbonyl (C=O) groups is 1. The molecule has 0 fully saturated rings. The van der Waals surface area contributed by atoms with Crippen molar-refractivity contribution >= 4 is 11.6 Å². The molecule has 3 heteroatoms. The highest BCUT2D eigenvalue weighted by molar-refractivity contribution is 5.94. The van der Waals surface area contributed by atoms with Gasteiger partial charge >= 0.3 is 0 Å². The number of benzene rings is 2. The fraction of sp³-hybridized carbons (Fsp3) is 0.188. The molecule has 2 rings (SSSR count). The fourth-order valence-corrected chi connectivity index (χ4v) is 2.00. The Kier molecular flexibility index (Phi) is 3.85. The van der Waals surface area contributed by atoms with E-state index in [-0.39, 0.29) is 5.91 Å². The Morgan fingerprint density at radius 3 is 2.63 bits per heavy atom. The predicted molar refractivity (Wildman–Crippen MR) is 77.9 cm³/mol. The molecular weight excluding hydrogens is 236 g/mol. The van der Waals surface area contributed by atoms with Crippen molar-refractivity contribution in [2.75, 3.05) is 5.73 Å². The van der Waals surface area contributed by atoms with Gasteiger partial charge in [-0.05, 0) is 43.2 Å². The van der Waals surface area contributed by atoms with Gasteiger partial charge in [0.2, 0.25) is 0 Å². The maximum absolute atomic E-state index is 12.0. The first-order chi connectivity index (χ1) is 9.06. The zero-order chi connectivity index (χ0) is 13.8. The standard InChI is InChI=1S/C16H18N2O/c1-11-6-7-14(12(2)8-11)10-18-16(19)13-4-3-5-15(17)9-13/h3-9H,10,17H2,1-2H3,(H,18,19). The summed E-state index contributed by atoms with van der Waals surface area (Å²) in [5.41, 5.74) is 10.4. The number of anilines is 1. The van der Waals surface area contributed by atoms with Gasteiger partial charge in [0.15, 0.2) is 0 Å². The van der Waals surface area contributed by atoms with Crippen LogP contribution < -0.4 is 11.1 Å². The van der Waals surface area contributed by atoms with Gasteiger partial charge in [-0.3, -0.25) is 4.79 Å². The molecule has 0 aromatic heterocycles. The third kappa shape index (κ3) is 3.35. The van der Waals surface area contributed by atoms with Crippen LogP contribution in [0.25, 0.3) is 0 Å². The minimum atomic E-state index is -0.104. The van der Waals surface area contributed by atoms with Crippen molar-refractivity contribution in [3.63, 3.8) is 0 Å². The largest absolute Gasteiger partial charge is 0.399 e. The summed E-state index contributed by atoms with van der Waals surface area (Å²) in [4.78, 5) is 12.0. The van der Waals surface area contributed by atoms with Crippen LogP contribution in [0, 0.1) is 13.8 Å². The van der Waals surface area contributed by atoms with Crippen LogP contribution in [0.2, 0.25) is 0 Å². The smallest absolute Gasteiger partial charge is 0.251 e. The fourth-order valence-electron chi connectivity index (χ4n) is 2.00. The maximum atomic E-state index is 12.0. The number of hydrogen-bond acceptors (Lipinski definition) is 2. The van der Waals surface area contributed by atoms with Gasteiger partial charge in [0.25, 0.3) is 5.91 Å². The molecular formula is C16H18N2O. The molecule has 0 heterocycles. The zero-order valence-electron chi connectivity index (χ0n) is 11.2. The number of hydrogen-bond donors (Lipinski definition) is 2. The monoisotopic (exact) mass is 254 g/mol. The third-order valence-electron chi connectivity index (χ3n) is 3.09.